The summed E-state index contributed by atoms with van der Waals surface area (Å²) in [5.41, 5.74) is 1.14. The fourth-order valence-electron chi connectivity index (χ4n) is 2.71. The Bertz CT molecular complexity index is 428. The summed E-state index contributed by atoms with van der Waals surface area (Å²) in [6.45, 7) is 7.00. The summed E-state index contributed by atoms with van der Waals surface area (Å²) in [7, 11) is 3.69. The third kappa shape index (κ3) is 3.15. The van der Waals surface area contributed by atoms with Crippen molar-refractivity contribution in [2.24, 2.45) is 5.92 Å². The van der Waals surface area contributed by atoms with Crippen LogP contribution < -0.4 is 10.2 Å². The van der Waals surface area contributed by atoms with Crippen molar-refractivity contribution in [1.29, 1.82) is 0 Å². The van der Waals surface area contributed by atoms with Crippen molar-refractivity contribution < 1.29 is 4.74 Å². The predicted octanol–water partition coefficient (Wildman–Crippen LogP) is 2.00. The molecule has 1 fully saturated rings. The van der Waals surface area contributed by atoms with E-state index in [1.807, 2.05) is 14.0 Å². The van der Waals surface area contributed by atoms with Gasteiger partial charge in [0.2, 0.25) is 0 Å². The maximum atomic E-state index is 5.25. The topological polar surface area (TPSA) is 50.3 Å². The van der Waals surface area contributed by atoms with Crippen LogP contribution in [0, 0.1) is 19.8 Å². The highest BCUT2D eigenvalue weighted by atomic mass is 16.5. The van der Waals surface area contributed by atoms with Gasteiger partial charge in [-0.05, 0) is 32.6 Å². The summed E-state index contributed by atoms with van der Waals surface area (Å²) in [6, 6.07) is 0. The fraction of sp³-hybridized carbons (Fsp3) is 0.714. The predicted molar refractivity (Wildman–Crippen MR) is 77.9 cm³/mol. The number of hydrogen-bond donors (Lipinski definition) is 1. The summed E-state index contributed by atoms with van der Waals surface area (Å²) in [6.07, 6.45) is 2.34. The molecule has 2 heterocycles. The second kappa shape index (κ2) is 6.19. The third-order valence-electron chi connectivity index (χ3n) is 3.79. The van der Waals surface area contributed by atoms with Crippen LogP contribution in [0.4, 0.5) is 11.6 Å². The Labute approximate surface area is 115 Å². The highest BCUT2D eigenvalue weighted by Crippen LogP contribution is 2.27. The zero-order valence-electron chi connectivity index (χ0n) is 12.4. The lowest BCUT2D eigenvalue weighted by Crippen LogP contribution is -2.36. The van der Waals surface area contributed by atoms with Crippen LogP contribution in [-0.4, -0.2) is 43.8 Å². The first-order valence-corrected chi connectivity index (χ1v) is 6.92. The summed E-state index contributed by atoms with van der Waals surface area (Å²) >= 11 is 0. The second-order valence-electron chi connectivity index (χ2n) is 5.20. The minimum Gasteiger partial charge on any atom is -0.384 e. The minimum absolute atomic E-state index is 0.688. The number of nitrogens with zero attached hydrogens (tertiary/aromatic N) is 3. The van der Waals surface area contributed by atoms with Crippen LogP contribution in [0.25, 0.3) is 0 Å². The Morgan fingerprint density at radius 3 is 2.53 bits per heavy atom. The molecule has 5 nitrogen and oxygen atoms in total. The molecule has 0 saturated carbocycles. The molecule has 0 atom stereocenters. The maximum Gasteiger partial charge on any atom is 0.137 e. The first-order chi connectivity index (χ1) is 9.15. The molecule has 1 aromatic heterocycles. The number of hydrogen-bond acceptors (Lipinski definition) is 5. The summed E-state index contributed by atoms with van der Waals surface area (Å²) in [4.78, 5) is 11.4. The van der Waals surface area contributed by atoms with E-state index in [0.29, 0.717) is 5.92 Å². The Balaban J connectivity index is 2.13. The molecule has 5 heteroatoms. The van der Waals surface area contributed by atoms with E-state index in [-0.39, 0.29) is 0 Å². The molecule has 1 saturated heterocycles. The van der Waals surface area contributed by atoms with Crippen LogP contribution in [0.5, 0.6) is 0 Å². The molecule has 1 N–H and O–H groups in total. The molecule has 106 valence electrons. The first kappa shape index (κ1) is 14.1. The zero-order valence-corrected chi connectivity index (χ0v) is 12.4. The van der Waals surface area contributed by atoms with E-state index < -0.39 is 0 Å². The zero-order chi connectivity index (χ0) is 13.8. The number of methoxy groups -OCH3 is 1. The third-order valence-corrected chi connectivity index (χ3v) is 3.79. The van der Waals surface area contributed by atoms with Gasteiger partial charge in [-0.3, -0.25) is 0 Å². The molecular formula is C14H24N4O. The van der Waals surface area contributed by atoms with Crippen molar-refractivity contribution in [3.8, 4) is 0 Å². The van der Waals surface area contributed by atoms with Crippen LogP contribution in [0.3, 0.4) is 0 Å². The Morgan fingerprint density at radius 1 is 1.26 bits per heavy atom. The molecule has 0 radical (unpaired) electrons. The van der Waals surface area contributed by atoms with Gasteiger partial charge in [-0.25, -0.2) is 9.97 Å². The highest BCUT2D eigenvalue weighted by Gasteiger charge is 2.22. The SMILES string of the molecule is CNc1nc(C)nc(N2CCC(COC)CC2)c1C. The highest BCUT2D eigenvalue weighted by molar-refractivity contribution is 5.58. The lowest BCUT2D eigenvalue weighted by molar-refractivity contribution is 0.139. The number of aryl methyl sites for hydroxylation is 1. The van der Waals surface area contributed by atoms with E-state index in [1.54, 1.807) is 7.11 Å². The maximum absolute atomic E-state index is 5.25. The van der Waals surface area contributed by atoms with E-state index in [4.69, 9.17) is 4.74 Å². The number of aromatic nitrogens is 2. The van der Waals surface area contributed by atoms with Gasteiger partial charge in [0.05, 0.1) is 0 Å². The number of nitrogens with one attached hydrogen (secondary N) is 1. The Hall–Kier alpha value is -1.36. The van der Waals surface area contributed by atoms with E-state index in [9.17, 15) is 0 Å². The molecule has 0 spiro atoms. The molecule has 0 unspecified atom stereocenters. The number of anilines is 2. The van der Waals surface area contributed by atoms with E-state index in [1.165, 1.54) is 12.8 Å². The van der Waals surface area contributed by atoms with Crippen molar-refractivity contribution in [2.45, 2.75) is 26.7 Å². The van der Waals surface area contributed by atoms with Crippen LogP contribution in [-0.2, 0) is 4.74 Å². The van der Waals surface area contributed by atoms with Crippen molar-refractivity contribution in [3.05, 3.63) is 11.4 Å². The van der Waals surface area contributed by atoms with Crippen LogP contribution in [0.15, 0.2) is 0 Å². The summed E-state index contributed by atoms with van der Waals surface area (Å²) < 4.78 is 5.25. The van der Waals surface area contributed by atoms with Gasteiger partial charge in [0.1, 0.15) is 17.5 Å². The van der Waals surface area contributed by atoms with Crippen molar-refractivity contribution in [3.63, 3.8) is 0 Å². The monoisotopic (exact) mass is 264 g/mol. The number of rotatable bonds is 4. The summed E-state index contributed by atoms with van der Waals surface area (Å²) in [5.74, 6) is 3.52. The van der Waals surface area contributed by atoms with Crippen molar-refractivity contribution in [2.75, 3.05) is 44.1 Å². The molecular weight excluding hydrogens is 240 g/mol. The average molecular weight is 264 g/mol. The largest absolute Gasteiger partial charge is 0.384 e. The van der Waals surface area contributed by atoms with Gasteiger partial charge in [0.25, 0.3) is 0 Å². The molecule has 0 aliphatic carbocycles. The fourth-order valence-corrected chi connectivity index (χ4v) is 2.71. The number of piperidine rings is 1. The molecule has 19 heavy (non-hydrogen) atoms. The van der Waals surface area contributed by atoms with E-state index in [2.05, 4.69) is 27.1 Å². The van der Waals surface area contributed by atoms with Gasteiger partial charge < -0.3 is 15.0 Å². The molecule has 0 aromatic carbocycles. The normalized spacial score (nSPS) is 16.7. The van der Waals surface area contributed by atoms with Gasteiger partial charge in [0.15, 0.2) is 0 Å². The van der Waals surface area contributed by atoms with Gasteiger partial charge in [0, 0.05) is 39.4 Å². The molecule has 2 rings (SSSR count). The smallest absolute Gasteiger partial charge is 0.137 e. The molecule has 1 aliphatic rings. The molecule has 1 aromatic rings. The van der Waals surface area contributed by atoms with Crippen LogP contribution in [0.2, 0.25) is 0 Å². The second-order valence-corrected chi connectivity index (χ2v) is 5.20. The Morgan fingerprint density at radius 2 is 1.95 bits per heavy atom. The molecule has 0 bridgehead atoms. The van der Waals surface area contributed by atoms with Crippen LogP contribution in [0.1, 0.15) is 24.2 Å². The average Bonchev–Trinajstić information content (AvgIpc) is 2.42. The van der Waals surface area contributed by atoms with Crippen molar-refractivity contribution >= 4 is 11.6 Å². The van der Waals surface area contributed by atoms with Crippen molar-refractivity contribution in [1.82, 2.24) is 9.97 Å². The Kier molecular flexibility index (Phi) is 4.58. The first-order valence-electron chi connectivity index (χ1n) is 6.92. The summed E-state index contributed by atoms with van der Waals surface area (Å²) in [5, 5.41) is 3.15. The minimum atomic E-state index is 0.688. The quantitative estimate of drug-likeness (QED) is 0.901. The van der Waals surface area contributed by atoms with Crippen LogP contribution >= 0.6 is 0 Å². The van der Waals surface area contributed by atoms with E-state index >= 15 is 0 Å². The van der Waals surface area contributed by atoms with E-state index in [0.717, 1.165) is 42.7 Å². The molecule has 0 amide bonds. The lowest BCUT2D eigenvalue weighted by Gasteiger charge is -2.33. The van der Waals surface area contributed by atoms with Gasteiger partial charge in [-0.2, -0.15) is 0 Å². The number of ether oxygens (including phenoxy) is 1. The van der Waals surface area contributed by atoms with Gasteiger partial charge in [-0.15, -0.1) is 0 Å². The lowest BCUT2D eigenvalue weighted by atomic mass is 9.97. The van der Waals surface area contributed by atoms with Gasteiger partial charge >= 0.3 is 0 Å². The standard InChI is InChI=1S/C14H24N4O/c1-10-13(15-3)16-11(2)17-14(10)18-7-5-12(6-8-18)9-19-4/h12H,5-9H2,1-4H3,(H,15,16,17). The van der Waals surface area contributed by atoms with Gasteiger partial charge in [-0.1, -0.05) is 0 Å². The molecule has 1 aliphatic heterocycles.